The van der Waals surface area contributed by atoms with Gasteiger partial charge >= 0.3 is 11.2 Å². The third kappa shape index (κ3) is 9.61. The summed E-state index contributed by atoms with van der Waals surface area (Å²) in [5, 5.41) is 5.65. The molecule has 0 unspecified atom stereocenters. The van der Waals surface area contributed by atoms with Crippen molar-refractivity contribution in [2.24, 2.45) is 11.8 Å². The Kier molecular flexibility index (Phi) is 8.77. The zero-order valence-corrected chi connectivity index (χ0v) is 16.7. The maximum atomic E-state index is 12.0. The Bertz CT molecular complexity index is 507. The molecule has 0 saturated heterocycles. The number of carboxylic acid groups (broad SMARTS) is 1. The lowest BCUT2D eigenvalue weighted by atomic mass is 9.83. The van der Waals surface area contributed by atoms with Crippen molar-refractivity contribution in [2.45, 2.75) is 51.2 Å². The molecule has 0 aromatic carbocycles. The molecule has 0 aromatic heterocycles. The van der Waals surface area contributed by atoms with Crippen molar-refractivity contribution in [3.05, 3.63) is 0 Å². The van der Waals surface area contributed by atoms with Gasteiger partial charge in [-0.3, -0.25) is 9.36 Å². The molecule has 1 fully saturated rings. The van der Waals surface area contributed by atoms with Crippen molar-refractivity contribution in [3.8, 4) is 0 Å². The summed E-state index contributed by atoms with van der Waals surface area (Å²) in [4.78, 5) is 10.8. The van der Waals surface area contributed by atoms with Crippen molar-refractivity contribution in [1.82, 2.24) is 0 Å². The molecule has 0 aliphatic heterocycles. The third-order valence-corrected chi connectivity index (χ3v) is 6.36. The normalized spacial score (nSPS) is 23.4. The first-order valence-corrected chi connectivity index (χ1v) is 12.8. The van der Waals surface area contributed by atoms with Gasteiger partial charge < -0.3 is 5.11 Å². The van der Waals surface area contributed by atoms with Crippen LogP contribution in [-0.2, 0) is 19.2 Å². The van der Waals surface area contributed by atoms with Gasteiger partial charge in [0.1, 0.15) is 0 Å². The summed E-state index contributed by atoms with van der Waals surface area (Å²) < 4.78 is 32.8. The summed E-state index contributed by atoms with van der Waals surface area (Å²) in [6.07, 6.45) is 2.65. The highest BCUT2D eigenvalue weighted by Crippen LogP contribution is 2.61. The topological polar surface area (TPSA) is 88.5 Å². The van der Waals surface area contributed by atoms with Crippen molar-refractivity contribution in [2.75, 3.05) is 5.75 Å². The highest BCUT2D eigenvalue weighted by atomic mass is 36.0. The molecule has 0 spiro atoms. The monoisotopic (exact) mass is 414 g/mol. The minimum atomic E-state index is -3.22. The van der Waals surface area contributed by atoms with Gasteiger partial charge in [-0.2, -0.15) is 0 Å². The van der Waals surface area contributed by atoms with E-state index in [4.69, 9.17) is 5.11 Å². The average Bonchev–Trinajstić information content (AvgIpc) is 2.25. The van der Waals surface area contributed by atoms with E-state index in [9.17, 15) is 17.8 Å². The summed E-state index contributed by atoms with van der Waals surface area (Å²) >= 11 is 13.8. The fourth-order valence-electron chi connectivity index (χ4n) is 2.14. The van der Waals surface area contributed by atoms with Crippen LogP contribution in [0.4, 0.5) is 0 Å². The second-order valence-electron chi connectivity index (χ2n) is 6.35. The molecule has 1 aliphatic rings. The Hall–Kier alpha value is 0.520. The molecule has 1 saturated carbocycles. The number of hydrogen-bond donors (Lipinski definition) is 1. The Morgan fingerprint density at radius 2 is 1.50 bits per heavy atom. The number of rotatable bonds is 3. The number of sulfone groups is 1. The van der Waals surface area contributed by atoms with E-state index < -0.39 is 25.8 Å². The summed E-state index contributed by atoms with van der Waals surface area (Å²) in [5.74, 6) is -0.691. The maximum absolute atomic E-state index is 12.0. The number of carboxylic acids is 1. The molecule has 0 amide bonds. The summed E-state index contributed by atoms with van der Waals surface area (Å²) in [6, 6.07) is 0. The molecule has 22 heavy (non-hydrogen) atoms. The van der Waals surface area contributed by atoms with Gasteiger partial charge in [0.25, 0.3) is 0 Å². The molecule has 1 aliphatic carbocycles. The Balaban J connectivity index is 0.000000763. The smallest absolute Gasteiger partial charge is 0.339 e. The summed E-state index contributed by atoms with van der Waals surface area (Å²) in [6.45, 7) is 5.14. The first-order chi connectivity index (χ1) is 9.63. The molecule has 10 heteroatoms. The zero-order valence-electron chi connectivity index (χ0n) is 12.8. The quantitative estimate of drug-likeness (QED) is 0.662. The summed E-state index contributed by atoms with van der Waals surface area (Å²) in [5.41, 5.74) is 0. The molecule has 132 valence electrons. The number of hydrogen-bond acceptors (Lipinski definition) is 4. The zero-order chi connectivity index (χ0) is 17.8. The van der Waals surface area contributed by atoms with Crippen LogP contribution in [-0.4, -0.2) is 30.0 Å². The van der Waals surface area contributed by atoms with E-state index in [-0.39, 0.29) is 17.6 Å². The van der Waals surface area contributed by atoms with Crippen molar-refractivity contribution < 1.29 is 22.9 Å². The van der Waals surface area contributed by atoms with Crippen LogP contribution in [0.2, 0.25) is 0 Å². The van der Waals surface area contributed by atoms with E-state index in [1.54, 1.807) is 20.8 Å². The van der Waals surface area contributed by atoms with Crippen LogP contribution in [0.15, 0.2) is 0 Å². The fourth-order valence-corrected chi connectivity index (χ4v) is 3.59. The van der Waals surface area contributed by atoms with Gasteiger partial charge in [-0.05, 0) is 86.1 Å². The lowest BCUT2D eigenvalue weighted by molar-refractivity contribution is -0.143. The van der Waals surface area contributed by atoms with Crippen LogP contribution in [0.5, 0.6) is 0 Å². The lowest BCUT2D eigenvalue weighted by Crippen LogP contribution is -2.35. The van der Waals surface area contributed by atoms with Crippen LogP contribution in [0.1, 0.15) is 46.5 Å². The molecule has 0 atom stereocenters. The number of halogens is 3. The molecular weight excluding hydrogens is 394 g/mol. The van der Waals surface area contributed by atoms with E-state index in [2.05, 4.69) is 33.7 Å². The second-order valence-corrected chi connectivity index (χ2v) is 15.8. The largest absolute Gasteiger partial charge is 0.481 e. The van der Waals surface area contributed by atoms with Crippen LogP contribution in [0.25, 0.3) is 0 Å². The minimum absolute atomic E-state index is 0.134. The van der Waals surface area contributed by atoms with E-state index in [0.29, 0.717) is 25.7 Å². The molecule has 0 heterocycles. The SMILES string of the molecule is CC(C)(C)S(=O)(=O)CC1CCC(C(=O)O)CC1.O=P(Cl)(Cl)Cl. The highest BCUT2D eigenvalue weighted by Gasteiger charge is 2.34. The van der Waals surface area contributed by atoms with Gasteiger partial charge in [-0.15, -0.1) is 0 Å². The van der Waals surface area contributed by atoms with Crippen LogP contribution in [0.3, 0.4) is 0 Å². The molecular formula is C12H22Cl3O5PS. The lowest BCUT2D eigenvalue weighted by Gasteiger charge is -2.28. The van der Waals surface area contributed by atoms with E-state index in [1.807, 2.05) is 0 Å². The predicted molar refractivity (Wildman–Crippen MR) is 91.8 cm³/mol. The van der Waals surface area contributed by atoms with Gasteiger partial charge in [-0.25, -0.2) is 8.42 Å². The average molecular weight is 416 g/mol. The number of aliphatic carboxylic acids is 1. The third-order valence-electron chi connectivity index (χ3n) is 3.58. The molecule has 0 aromatic rings. The first-order valence-electron chi connectivity index (χ1n) is 6.77. The molecule has 1 rings (SSSR count). The van der Waals surface area contributed by atoms with E-state index in [1.165, 1.54) is 0 Å². The van der Waals surface area contributed by atoms with Crippen LogP contribution < -0.4 is 0 Å². The highest BCUT2D eigenvalue weighted by molar-refractivity contribution is 8.24. The van der Waals surface area contributed by atoms with Crippen molar-refractivity contribution in [3.63, 3.8) is 0 Å². The molecule has 0 radical (unpaired) electrons. The van der Waals surface area contributed by atoms with E-state index in [0.717, 1.165) is 0 Å². The van der Waals surface area contributed by atoms with Gasteiger partial charge in [0.15, 0.2) is 9.84 Å². The van der Waals surface area contributed by atoms with Gasteiger partial charge in [0.2, 0.25) is 0 Å². The van der Waals surface area contributed by atoms with Gasteiger partial charge in [-0.1, -0.05) is 0 Å². The molecule has 0 bridgehead atoms. The minimum Gasteiger partial charge on any atom is -0.481 e. The van der Waals surface area contributed by atoms with Crippen LogP contribution >= 0.6 is 38.9 Å². The number of carbonyl (C=O) groups is 1. The summed E-state index contributed by atoms with van der Waals surface area (Å²) in [7, 11) is -3.08. The van der Waals surface area contributed by atoms with Crippen molar-refractivity contribution >= 4 is 54.7 Å². The molecule has 5 nitrogen and oxygen atoms in total. The standard InChI is InChI=1S/C12H22O4S.Cl3OP/c1-12(2,3)17(15,16)8-9-4-6-10(7-5-9)11(13)14;1-5(2,3)4/h9-10H,4-8H2,1-3H3,(H,13,14);. The van der Waals surface area contributed by atoms with Crippen LogP contribution in [0, 0.1) is 11.8 Å². The maximum Gasteiger partial charge on any atom is 0.339 e. The van der Waals surface area contributed by atoms with Crippen molar-refractivity contribution in [1.29, 1.82) is 0 Å². The Labute approximate surface area is 146 Å². The fraction of sp³-hybridized carbons (Fsp3) is 0.917. The Morgan fingerprint density at radius 1 is 1.14 bits per heavy atom. The predicted octanol–water partition coefficient (Wildman–Crippen LogP) is 4.90. The Morgan fingerprint density at radius 3 is 1.77 bits per heavy atom. The van der Waals surface area contributed by atoms with Gasteiger partial charge in [0, 0.05) is 0 Å². The molecule has 1 N–H and O–H groups in total. The first kappa shape index (κ1) is 22.5. The second kappa shape index (κ2) is 8.57. The van der Waals surface area contributed by atoms with Gasteiger partial charge in [0.05, 0.1) is 16.4 Å². The van der Waals surface area contributed by atoms with E-state index >= 15 is 0 Å².